The van der Waals surface area contributed by atoms with Gasteiger partial charge in [0.1, 0.15) is 17.4 Å². The maximum atomic E-state index is 14.1. The Morgan fingerprint density at radius 2 is 1.88 bits per heavy atom. The molecule has 25 heavy (non-hydrogen) atoms. The number of imidazole rings is 1. The summed E-state index contributed by atoms with van der Waals surface area (Å²) in [7, 11) is 3.03. The van der Waals surface area contributed by atoms with E-state index in [9.17, 15) is 4.39 Å². The van der Waals surface area contributed by atoms with Crippen molar-refractivity contribution in [3.05, 3.63) is 42.1 Å². The van der Waals surface area contributed by atoms with Crippen LogP contribution in [0, 0.1) is 12.7 Å². The van der Waals surface area contributed by atoms with Crippen molar-refractivity contribution in [2.45, 2.75) is 6.92 Å². The molecule has 0 spiro atoms. The molecule has 0 N–H and O–H groups in total. The first kappa shape index (κ1) is 15.3. The number of rotatable bonds is 3. The number of aromatic nitrogens is 5. The Bertz CT molecular complexity index is 1110. The third kappa shape index (κ3) is 2.34. The molecule has 3 aromatic heterocycles. The van der Waals surface area contributed by atoms with Crippen molar-refractivity contribution in [3.63, 3.8) is 0 Å². The maximum Gasteiger partial charge on any atom is 0.183 e. The van der Waals surface area contributed by atoms with Gasteiger partial charge in [0.25, 0.3) is 0 Å². The highest BCUT2D eigenvalue weighted by Gasteiger charge is 2.18. The van der Waals surface area contributed by atoms with E-state index >= 15 is 0 Å². The maximum absolute atomic E-state index is 14.1. The quantitative estimate of drug-likeness (QED) is 0.571. The fourth-order valence-electron chi connectivity index (χ4n) is 2.80. The number of halogens is 1. The number of aryl methyl sites for hydroxylation is 1. The third-order valence-electron chi connectivity index (χ3n) is 3.95. The fourth-order valence-corrected chi connectivity index (χ4v) is 2.80. The van der Waals surface area contributed by atoms with Gasteiger partial charge in [0.2, 0.25) is 0 Å². The zero-order chi connectivity index (χ0) is 17.6. The van der Waals surface area contributed by atoms with E-state index in [0.29, 0.717) is 39.7 Å². The fraction of sp³-hybridized carbons (Fsp3) is 0.176. The van der Waals surface area contributed by atoms with Gasteiger partial charge in [-0.05, 0) is 13.0 Å². The van der Waals surface area contributed by atoms with Gasteiger partial charge in [-0.2, -0.15) is 0 Å². The van der Waals surface area contributed by atoms with Crippen LogP contribution in [-0.2, 0) is 0 Å². The Balaban J connectivity index is 2.13. The topological polar surface area (TPSA) is 74.4 Å². The summed E-state index contributed by atoms with van der Waals surface area (Å²) in [6.07, 6.45) is 3.27. The number of benzene rings is 1. The first-order valence-electron chi connectivity index (χ1n) is 7.50. The van der Waals surface area contributed by atoms with Crippen LogP contribution in [0.2, 0.25) is 0 Å². The van der Waals surface area contributed by atoms with Gasteiger partial charge < -0.3 is 9.47 Å². The molecule has 4 aromatic rings. The number of pyridine rings is 1. The van der Waals surface area contributed by atoms with Gasteiger partial charge in [-0.1, -0.05) is 0 Å². The molecule has 0 atom stereocenters. The molecule has 0 aliphatic rings. The van der Waals surface area contributed by atoms with Crippen LogP contribution in [-0.4, -0.2) is 38.8 Å². The monoisotopic (exact) mass is 339 g/mol. The minimum atomic E-state index is -0.431. The second-order valence-corrected chi connectivity index (χ2v) is 5.47. The smallest absolute Gasteiger partial charge is 0.183 e. The molecular formula is C17H14FN5O2. The number of hydrogen-bond donors (Lipinski definition) is 0. The number of ether oxygens (including phenoxy) is 2. The lowest BCUT2D eigenvalue weighted by atomic mass is 10.2. The van der Waals surface area contributed by atoms with Crippen LogP contribution in [0.15, 0.2) is 30.6 Å². The molecule has 1 aromatic carbocycles. The van der Waals surface area contributed by atoms with Crippen molar-refractivity contribution in [1.29, 1.82) is 0 Å². The Morgan fingerprint density at radius 3 is 2.64 bits per heavy atom. The predicted molar refractivity (Wildman–Crippen MR) is 89.3 cm³/mol. The molecule has 0 amide bonds. The zero-order valence-corrected chi connectivity index (χ0v) is 13.8. The highest BCUT2D eigenvalue weighted by Crippen LogP contribution is 2.30. The average molecular weight is 339 g/mol. The van der Waals surface area contributed by atoms with Crippen LogP contribution in [0.3, 0.4) is 0 Å². The summed E-state index contributed by atoms with van der Waals surface area (Å²) < 4.78 is 26.3. The van der Waals surface area contributed by atoms with Crippen LogP contribution >= 0.6 is 0 Å². The van der Waals surface area contributed by atoms with Crippen LogP contribution in [0.25, 0.3) is 28.1 Å². The minimum Gasteiger partial charge on any atom is -0.495 e. The van der Waals surface area contributed by atoms with Gasteiger partial charge in [0.15, 0.2) is 16.9 Å². The summed E-state index contributed by atoms with van der Waals surface area (Å²) in [5.74, 6) is 1.05. The van der Waals surface area contributed by atoms with Crippen molar-refractivity contribution < 1.29 is 13.9 Å². The molecule has 0 saturated heterocycles. The van der Waals surface area contributed by atoms with Crippen LogP contribution < -0.4 is 9.47 Å². The van der Waals surface area contributed by atoms with Gasteiger partial charge >= 0.3 is 0 Å². The highest BCUT2D eigenvalue weighted by atomic mass is 19.1. The largest absolute Gasteiger partial charge is 0.495 e. The Labute approximate surface area is 142 Å². The first-order valence-corrected chi connectivity index (χ1v) is 7.50. The molecule has 0 fully saturated rings. The average Bonchev–Trinajstić information content (AvgIpc) is 2.98. The van der Waals surface area contributed by atoms with E-state index in [1.807, 2.05) is 13.0 Å². The van der Waals surface area contributed by atoms with Gasteiger partial charge in [-0.25, -0.2) is 9.37 Å². The van der Waals surface area contributed by atoms with Crippen molar-refractivity contribution in [3.8, 4) is 22.9 Å². The van der Waals surface area contributed by atoms with Crippen molar-refractivity contribution in [1.82, 2.24) is 24.6 Å². The zero-order valence-electron chi connectivity index (χ0n) is 13.8. The molecule has 0 radical (unpaired) electrons. The van der Waals surface area contributed by atoms with Gasteiger partial charge in [-0.3, -0.25) is 9.38 Å². The van der Waals surface area contributed by atoms with Crippen LogP contribution in [0.5, 0.6) is 11.5 Å². The molecule has 126 valence electrons. The van der Waals surface area contributed by atoms with E-state index in [4.69, 9.17) is 9.47 Å². The molecule has 0 saturated carbocycles. The predicted octanol–water partition coefficient (Wildman–Crippen LogP) is 2.80. The van der Waals surface area contributed by atoms with Crippen molar-refractivity contribution in [2.75, 3.05) is 14.2 Å². The van der Waals surface area contributed by atoms with Crippen molar-refractivity contribution in [2.24, 2.45) is 0 Å². The van der Waals surface area contributed by atoms with Crippen LogP contribution in [0.1, 0.15) is 5.69 Å². The van der Waals surface area contributed by atoms with Gasteiger partial charge in [0, 0.05) is 23.9 Å². The lowest BCUT2D eigenvalue weighted by molar-refractivity contribution is 0.413. The van der Waals surface area contributed by atoms with E-state index in [1.54, 1.807) is 23.9 Å². The van der Waals surface area contributed by atoms with Gasteiger partial charge in [0.05, 0.1) is 31.6 Å². The summed E-state index contributed by atoms with van der Waals surface area (Å²) in [4.78, 5) is 8.74. The van der Waals surface area contributed by atoms with Crippen molar-refractivity contribution >= 4 is 16.7 Å². The number of fused-ring (bicyclic) bond motifs is 3. The van der Waals surface area contributed by atoms with E-state index in [2.05, 4.69) is 20.2 Å². The summed E-state index contributed by atoms with van der Waals surface area (Å²) in [6, 6.07) is 4.47. The third-order valence-corrected chi connectivity index (χ3v) is 3.95. The highest BCUT2D eigenvalue weighted by molar-refractivity contribution is 5.85. The first-order chi connectivity index (χ1) is 12.1. The molecule has 0 bridgehead atoms. The summed E-state index contributed by atoms with van der Waals surface area (Å²) >= 11 is 0. The van der Waals surface area contributed by atoms with E-state index < -0.39 is 5.82 Å². The van der Waals surface area contributed by atoms with E-state index in [0.717, 1.165) is 5.56 Å². The minimum absolute atomic E-state index is 0.311. The van der Waals surface area contributed by atoms with E-state index in [-0.39, 0.29) is 0 Å². The summed E-state index contributed by atoms with van der Waals surface area (Å²) in [6.45, 7) is 1.82. The molecule has 0 aliphatic heterocycles. The van der Waals surface area contributed by atoms with Crippen LogP contribution in [0.4, 0.5) is 4.39 Å². The molecule has 0 unspecified atom stereocenters. The lowest BCUT2D eigenvalue weighted by Crippen LogP contribution is -2.00. The Kier molecular flexibility index (Phi) is 3.45. The molecule has 8 heteroatoms. The second-order valence-electron chi connectivity index (χ2n) is 5.47. The molecule has 7 nitrogen and oxygen atoms in total. The Hall–Kier alpha value is -3.29. The number of hydrogen-bond acceptors (Lipinski definition) is 6. The lowest BCUT2D eigenvalue weighted by Gasteiger charge is -2.09. The second kappa shape index (κ2) is 5.66. The van der Waals surface area contributed by atoms with E-state index in [1.165, 1.54) is 19.2 Å². The normalized spacial score (nSPS) is 11.2. The number of methoxy groups -OCH3 is 2. The molecule has 4 rings (SSSR count). The molecular weight excluding hydrogens is 325 g/mol. The van der Waals surface area contributed by atoms with Gasteiger partial charge in [-0.15, -0.1) is 10.2 Å². The SMILES string of the molecule is COc1cncc(-c2nc(C)c3nnc4c(OC)cc(F)cc4n23)c1. The summed E-state index contributed by atoms with van der Waals surface area (Å²) in [5.41, 5.74) is 2.90. The standard InChI is InChI=1S/C17H14FN5O2/c1-9-16-22-21-15-13(5-11(18)6-14(15)25-3)23(16)17(20-9)10-4-12(24-2)8-19-7-10/h4-8H,1-3H3. The molecule has 3 heterocycles. The number of nitrogens with zero attached hydrogens (tertiary/aromatic N) is 5. The molecule has 0 aliphatic carbocycles. The Morgan fingerprint density at radius 1 is 1.04 bits per heavy atom. The summed E-state index contributed by atoms with van der Waals surface area (Å²) in [5, 5.41) is 8.41.